The van der Waals surface area contributed by atoms with Crippen molar-refractivity contribution in [1.29, 1.82) is 0 Å². The van der Waals surface area contributed by atoms with Gasteiger partial charge in [-0.25, -0.2) is 4.79 Å². The molecule has 1 heterocycles. The number of ether oxygens (including phenoxy) is 1. The summed E-state index contributed by atoms with van der Waals surface area (Å²) >= 11 is 5.83. The van der Waals surface area contributed by atoms with Crippen LogP contribution in [0, 0.1) is 6.92 Å². The van der Waals surface area contributed by atoms with Crippen LogP contribution in [0.1, 0.15) is 27.2 Å². The molecule has 0 aliphatic carbocycles. The van der Waals surface area contributed by atoms with E-state index in [1.807, 2.05) is 24.3 Å². The van der Waals surface area contributed by atoms with Crippen LogP contribution in [0.4, 0.5) is 0 Å². The number of halogens is 1. The highest BCUT2D eigenvalue weighted by Crippen LogP contribution is 2.21. The highest BCUT2D eigenvalue weighted by Gasteiger charge is 2.18. The zero-order chi connectivity index (χ0) is 13.1. The van der Waals surface area contributed by atoms with Crippen LogP contribution >= 0.6 is 11.6 Å². The number of carbonyl (C=O) groups excluding carboxylic acids is 1. The number of esters is 1. The van der Waals surface area contributed by atoms with Gasteiger partial charge in [0.2, 0.25) is 0 Å². The Balaban J connectivity index is 2.29. The van der Waals surface area contributed by atoms with Crippen LogP contribution in [0.25, 0.3) is 0 Å². The summed E-state index contributed by atoms with van der Waals surface area (Å²) in [4.78, 5) is 11.7. The summed E-state index contributed by atoms with van der Waals surface area (Å²) in [6.45, 7) is 1.75. The van der Waals surface area contributed by atoms with Crippen molar-refractivity contribution in [3.63, 3.8) is 0 Å². The highest BCUT2D eigenvalue weighted by atomic mass is 35.5. The topological polar surface area (TPSA) is 39.4 Å². The highest BCUT2D eigenvalue weighted by molar-refractivity contribution is 6.30. The van der Waals surface area contributed by atoms with E-state index in [1.54, 1.807) is 13.2 Å². The Morgan fingerprint density at radius 2 is 2.00 bits per heavy atom. The number of rotatable bonds is 3. The van der Waals surface area contributed by atoms with Gasteiger partial charge in [0.05, 0.1) is 13.4 Å². The van der Waals surface area contributed by atoms with E-state index >= 15 is 0 Å². The van der Waals surface area contributed by atoms with Gasteiger partial charge in [0.25, 0.3) is 0 Å². The maximum absolute atomic E-state index is 11.7. The van der Waals surface area contributed by atoms with Crippen LogP contribution in [0.15, 0.2) is 34.9 Å². The van der Waals surface area contributed by atoms with Crippen LogP contribution in [-0.4, -0.2) is 13.1 Å². The molecule has 0 atom stereocenters. The molecular weight excluding hydrogens is 252 g/mol. The minimum absolute atomic E-state index is 0.370. The molecule has 0 unspecified atom stereocenters. The van der Waals surface area contributed by atoms with Gasteiger partial charge in [-0.05, 0) is 24.6 Å². The second kappa shape index (κ2) is 5.27. The largest absolute Gasteiger partial charge is 0.468 e. The summed E-state index contributed by atoms with van der Waals surface area (Å²) in [6.07, 6.45) is 2.20. The third kappa shape index (κ3) is 2.57. The zero-order valence-corrected chi connectivity index (χ0v) is 11.0. The molecule has 0 amide bonds. The molecular formula is C14H13ClO3. The van der Waals surface area contributed by atoms with E-state index in [9.17, 15) is 4.79 Å². The Hall–Kier alpha value is -1.74. The molecule has 0 saturated carbocycles. The van der Waals surface area contributed by atoms with Gasteiger partial charge in [0, 0.05) is 17.0 Å². The molecule has 2 rings (SSSR count). The number of methoxy groups -OCH3 is 1. The number of hydrogen-bond donors (Lipinski definition) is 0. The van der Waals surface area contributed by atoms with Gasteiger partial charge >= 0.3 is 5.97 Å². The molecule has 4 heteroatoms. The standard InChI is InChI=1S/C14H13ClO3/c1-9-13(14(16)17-2)11(8-18-9)7-10-3-5-12(15)6-4-10/h3-6,8H,7H2,1-2H3. The molecule has 3 nitrogen and oxygen atoms in total. The predicted molar refractivity (Wildman–Crippen MR) is 69.0 cm³/mol. The Morgan fingerprint density at radius 1 is 1.33 bits per heavy atom. The van der Waals surface area contributed by atoms with E-state index in [4.69, 9.17) is 20.8 Å². The molecule has 18 heavy (non-hydrogen) atoms. The molecule has 0 radical (unpaired) electrons. The first-order valence-corrected chi connectivity index (χ1v) is 5.89. The first-order chi connectivity index (χ1) is 8.61. The summed E-state index contributed by atoms with van der Waals surface area (Å²) < 4.78 is 10.0. The molecule has 0 aliphatic rings. The molecule has 1 aromatic carbocycles. The molecule has 1 aromatic heterocycles. The van der Waals surface area contributed by atoms with Gasteiger partial charge in [-0.3, -0.25) is 0 Å². The minimum Gasteiger partial charge on any atom is -0.468 e. The number of benzene rings is 1. The van der Waals surface area contributed by atoms with Crippen molar-refractivity contribution in [2.24, 2.45) is 0 Å². The fourth-order valence-electron chi connectivity index (χ4n) is 1.83. The maximum Gasteiger partial charge on any atom is 0.341 e. The van der Waals surface area contributed by atoms with Crippen molar-refractivity contribution in [2.75, 3.05) is 7.11 Å². The van der Waals surface area contributed by atoms with Gasteiger partial charge in [0.15, 0.2) is 0 Å². The quantitative estimate of drug-likeness (QED) is 0.795. The van der Waals surface area contributed by atoms with Crippen molar-refractivity contribution in [3.8, 4) is 0 Å². The minimum atomic E-state index is -0.370. The summed E-state index contributed by atoms with van der Waals surface area (Å²) in [6, 6.07) is 7.49. The van der Waals surface area contributed by atoms with Crippen molar-refractivity contribution in [3.05, 3.63) is 58.0 Å². The van der Waals surface area contributed by atoms with E-state index in [0.717, 1.165) is 11.1 Å². The second-order valence-corrected chi connectivity index (χ2v) is 4.42. The third-order valence-electron chi connectivity index (χ3n) is 2.75. The monoisotopic (exact) mass is 264 g/mol. The third-order valence-corrected chi connectivity index (χ3v) is 3.00. The van der Waals surface area contributed by atoms with E-state index in [1.165, 1.54) is 7.11 Å². The lowest BCUT2D eigenvalue weighted by atomic mass is 10.0. The Morgan fingerprint density at radius 3 is 2.61 bits per heavy atom. The average Bonchev–Trinajstić information content (AvgIpc) is 2.72. The Kier molecular flexibility index (Phi) is 3.72. The molecule has 0 fully saturated rings. The van der Waals surface area contributed by atoms with E-state index in [2.05, 4.69) is 0 Å². The average molecular weight is 265 g/mol. The predicted octanol–water partition coefficient (Wildman–Crippen LogP) is 3.62. The fraction of sp³-hybridized carbons (Fsp3) is 0.214. The molecule has 0 bridgehead atoms. The molecule has 2 aromatic rings. The summed E-state index contributed by atoms with van der Waals surface area (Å²) in [7, 11) is 1.36. The van der Waals surface area contributed by atoms with Crippen LogP contribution in [0.2, 0.25) is 5.02 Å². The van der Waals surface area contributed by atoms with Gasteiger partial charge in [-0.1, -0.05) is 23.7 Å². The van der Waals surface area contributed by atoms with Gasteiger partial charge in [-0.2, -0.15) is 0 Å². The van der Waals surface area contributed by atoms with Crippen LogP contribution < -0.4 is 0 Å². The van der Waals surface area contributed by atoms with Crippen LogP contribution in [0.3, 0.4) is 0 Å². The lowest BCUT2D eigenvalue weighted by Gasteiger charge is -2.03. The first-order valence-electron chi connectivity index (χ1n) is 5.51. The second-order valence-electron chi connectivity index (χ2n) is 3.99. The molecule has 0 aliphatic heterocycles. The van der Waals surface area contributed by atoms with E-state index in [-0.39, 0.29) is 5.97 Å². The van der Waals surface area contributed by atoms with Gasteiger partial charge < -0.3 is 9.15 Å². The Bertz CT molecular complexity index is 555. The van der Waals surface area contributed by atoms with Gasteiger partial charge in [-0.15, -0.1) is 0 Å². The maximum atomic E-state index is 11.7. The summed E-state index contributed by atoms with van der Waals surface area (Å²) in [5.74, 6) is 0.205. The lowest BCUT2D eigenvalue weighted by Crippen LogP contribution is -2.05. The Labute approximate surface area is 110 Å². The van der Waals surface area contributed by atoms with Crippen molar-refractivity contribution >= 4 is 17.6 Å². The molecule has 94 valence electrons. The number of carbonyl (C=O) groups is 1. The van der Waals surface area contributed by atoms with E-state index in [0.29, 0.717) is 22.8 Å². The van der Waals surface area contributed by atoms with Crippen LogP contribution in [-0.2, 0) is 11.2 Å². The number of aryl methyl sites for hydroxylation is 1. The van der Waals surface area contributed by atoms with Crippen molar-refractivity contribution in [1.82, 2.24) is 0 Å². The van der Waals surface area contributed by atoms with Crippen molar-refractivity contribution < 1.29 is 13.9 Å². The zero-order valence-electron chi connectivity index (χ0n) is 10.2. The number of furan rings is 1. The first kappa shape index (κ1) is 12.7. The fourth-order valence-corrected chi connectivity index (χ4v) is 1.96. The molecule has 0 saturated heterocycles. The van der Waals surface area contributed by atoms with Gasteiger partial charge in [0.1, 0.15) is 11.3 Å². The lowest BCUT2D eigenvalue weighted by molar-refractivity contribution is 0.0598. The SMILES string of the molecule is COC(=O)c1c(Cc2ccc(Cl)cc2)coc1C. The van der Waals surface area contributed by atoms with Crippen LogP contribution in [0.5, 0.6) is 0 Å². The van der Waals surface area contributed by atoms with E-state index < -0.39 is 0 Å². The molecule has 0 N–H and O–H groups in total. The summed E-state index contributed by atoms with van der Waals surface area (Å²) in [5, 5.41) is 0.690. The molecule has 0 spiro atoms. The van der Waals surface area contributed by atoms with Crippen molar-refractivity contribution in [2.45, 2.75) is 13.3 Å². The summed E-state index contributed by atoms with van der Waals surface area (Å²) in [5.41, 5.74) is 2.39. The smallest absolute Gasteiger partial charge is 0.341 e. The normalized spacial score (nSPS) is 10.4. The number of hydrogen-bond acceptors (Lipinski definition) is 3.